The smallest absolute Gasteiger partial charge is 0.227 e. The first-order chi connectivity index (χ1) is 11.6. The fourth-order valence-corrected chi connectivity index (χ4v) is 3.28. The fraction of sp³-hybridized carbons (Fsp3) is 0.500. The maximum absolute atomic E-state index is 12.9. The lowest BCUT2D eigenvalue weighted by Gasteiger charge is -2.34. The fourth-order valence-electron chi connectivity index (χ4n) is 3.28. The summed E-state index contributed by atoms with van der Waals surface area (Å²) < 4.78 is 5.19. The Kier molecular flexibility index (Phi) is 4.83. The molecule has 3 rings (SSSR count). The normalized spacial score (nSPS) is 17.8. The van der Waals surface area contributed by atoms with Crippen molar-refractivity contribution in [2.75, 3.05) is 25.0 Å². The molecular weight excluding hydrogens is 304 g/mol. The number of piperidine rings is 1. The highest BCUT2D eigenvalue weighted by atomic mass is 16.5. The summed E-state index contributed by atoms with van der Waals surface area (Å²) in [5.74, 6) is 1.91. The number of hydrogen-bond acceptors (Lipinski definition) is 5. The molecule has 3 heterocycles. The zero-order chi connectivity index (χ0) is 17.1. The molecule has 0 spiro atoms. The Morgan fingerprint density at radius 2 is 2.25 bits per heavy atom. The van der Waals surface area contributed by atoms with E-state index in [9.17, 15) is 4.79 Å². The lowest BCUT2D eigenvalue weighted by atomic mass is 9.96. The van der Waals surface area contributed by atoms with Crippen LogP contribution in [0.3, 0.4) is 0 Å². The maximum Gasteiger partial charge on any atom is 0.227 e. The molecule has 6 nitrogen and oxygen atoms in total. The van der Waals surface area contributed by atoms with Crippen LogP contribution in [0.15, 0.2) is 28.9 Å². The maximum atomic E-state index is 12.9. The van der Waals surface area contributed by atoms with E-state index in [1.165, 1.54) is 0 Å². The molecule has 1 aliphatic heterocycles. The summed E-state index contributed by atoms with van der Waals surface area (Å²) in [7, 11) is 1.86. The van der Waals surface area contributed by atoms with E-state index in [0.29, 0.717) is 6.54 Å². The second-order valence-electron chi connectivity index (χ2n) is 6.47. The van der Waals surface area contributed by atoms with Gasteiger partial charge >= 0.3 is 0 Å². The number of hydrogen-bond donors (Lipinski definition) is 0. The van der Waals surface area contributed by atoms with Crippen LogP contribution in [-0.2, 0) is 11.3 Å². The van der Waals surface area contributed by atoms with Crippen LogP contribution in [0.2, 0.25) is 0 Å². The first-order valence-corrected chi connectivity index (χ1v) is 8.39. The molecule has 1 fully saturated rings. The standard InChI is InChI=1S/C18H24N4O2/c1-13-16(14(2)24-20-13)12-21(3)18(23)15-7-6-10-22(11-15)17-8-4-5-9-19-17/h4-5,8-9,15H,6-7,10-12H2,1-3H3. The Morgan fingerprint density at radius 1 is 1.42 bits per heavy atom. The molecule has 1 amide bonds. The van der Waals surface area contributed by atoms with E-state index in [4.69, 9.17) is 4.52 Å². The van der Waals surface area contributed by atoms with Crippen LogP contribution in [0.5, 0.6) is 0 Å². The lowest BCUT2D eigenvalue weighted by Crippen LogP contribution is -2.43. The minimum Gasteiger partial charge on any atom is -0.361 e. The zero-order valence-electron chi connectivity index (χ0n) is 14.5. The average molecular weight is 328 g/mol. The molecule has 1 aliphatic rings. The van der Waals surface area contributed by atoms with Gasteiger partial charge in [-0.05, 0) is 38.8 Å². The highest BCUT2D eigenvalue weighted by molar-refractivity contribution is 5.79. The van der Waals surface area contributed by atoms with Gasteiger partial charge in [0.25, 0.3) is 0 Å². The van der Waals surface area contributed by atoms with Crippen LogP contribution in [0.25, 0.3) is 0 Å². The van der Waals surface area contributed by atoms with Gasteiger partial charge in [-0.25, -0.2) is 4.98 Å². The van der Waals surface area contributed by atoms with Gasteiger partial charge in [-0.3, -0.25) is 4.79 Å². The number of anilines is 1. The number of carbonyl (C=O) groups is 1. The molecule has 1 unspecified atom stereocenters. The van der Waals surface area contributed by atoms with E-state index in [1.54, 1.807) is 11.1 Å². The van der Waals surface area contributed by atoms with Crippen LogP contribution in [0, 0.1) is 19.8 Å². The van der Waals surface area contributed by atoms with Gasteiger partial charge in [0.2, 0.25) is 5.91 Å². The van der Waals surface area contributed by atoms with Crippen LogP contribution in [-0.4, -0.2) is 41.1 Å². The Labute approximate surface area is 142 Å². The molecule has 1 saturated heterocycles. The van der Waals surface area contributed by atoms with Crippen molar-refractivity contribution < 1.29 is 9.32 Å². The summed E-state index contributed by atoms with van der Waals surface area (Å²) in [5, 5.41) is 3.96. The quantitative estimate of drug-likeness (QED) is 0.863. The third-order valence-electron chi connectivity index (χ3n) is 4.70. The van der Waals surface area contributed by atoms with Gasteiger partial charge in [-0.15, -0.1) is 0 Å². The second kappa shape index (κ2) is 7.03. The van der Waals surface area contributed by atoms with Crippen molar-refractivity contribution in [3.05, 3.63) is 41.4 Å². The van der Waals surface area contributed by atoms with Crippen molar-refractivity contribution in [3.63, 3.8) is 0 Å². The molecule has 1 atom stereocenters. The molecular formula is C18H24N4O2. The molecule has 6 heteroatoms. The Bertz CT molecular complexity index is 679. The summed E-state index contributed by atoms with van der Waals surface area (Å²) in [6.45, 7) is 6.01. The van der Waals surface area contributed by atoms with E-state index in [-0.39, 0.29) is 11.8 Å². The number of carbonyl (C=O) groups excluding carboxylic acids is 1. The summed E-state index contributed by atoms with van der Waals surface area (Å²) >= 11 is 0. The second-order valence-corrected chi connectivity index (χ2v) is 6.47. The summed E-state index contributed by atoms with van der Waals surface area (Å²) in [6, 6.07) is 5.89. The largest absolute Gasteiger partial charge is 0.361 e. The number of pyridine rings is 1. The Balaban J connectivity index is 1.66. The molecule has 0 saturated carbocycles. The van der Waals surface area contributed by atoms with Crippen molar-refractivity contribution in [3.8, 4) is 0 Å². The number of aromatic nitrogens is 2. The molecule has 2 aromatic heterocycles. The van der Waals surface area contributed by atoms with Crippen LogP contribution >= 0.6 is 0 Å². The van der Waals surface area contributed by atoms with Gasteiger partial charge in [0.15, 0.2) is 0 Å². The monoisotopic (exact) mass is 328 g/mol. The van der Waals surface area contributed by atoms with Crippen molar-refractivity contribution >= 4 is 11.7 Å². The van der Waals surface area contributed by atoms with Gasteiger partial charge in [-0.2, -0.15) is 0 Å². The van der Waals surface area contributed by atoms with Crippen molar-refractivity contribution in [1.82, 2.24) is 15.0 Å². The van der Waals surface area contributed by atoms with Crippen molar-refractivity contribution in [2.24, 2.45) is 5.92 Å². The molecule has 0 N–H and O–H groups in total. The van der Waals surface area contributed by atoms with Gasteiger partial charge in [0.05, 0.1) is 18.2 Å². The van der Waals surface area contributed by atoms with Gasteiger partial charge in [0, 0.05) is 31.9 Å². The minimum absolute atomic E-state index is 0.00577. The summed E-state index contributed by atoms with van der Waals surface area (Å²) in [5.41, 5.74) is 1.86. The van der Waals surface area contributed by atoms with Gasteiger partial charge in [0.1, 0.15) is 11.6 Å². The lowest BCUT2D eigenvalue weighted by molar-refractivity contribution is -0.135. The average Bonchev–Trinajstić information content (AvgIpc) is 2.94. The predicted octanol–water partition coefficient (Wildman–Crippen LogP) is 2.56. The third kappa shape index (κ3) is 3.42. The zero-order valence-corrected chi connectivity index (χ0v) is 14.5. The van der Waals surface area contributed by atoms with Crippen LogP contribution in [0.1, 0.15) is 29.9 Å². The Morgan fingerprint density at radius 3 is 2.92 bits per heavy atom. The Hall–Kier alpha value is -2.37. The number of amides is 1. The predicted molar refractivity (Wildman–Crippen MR) is 91.6 cm³/mol. The number of rotatable bonds is 4. The van der Waals surface area contributed by atoms with E-state index in [1.807, 2.05) is 39.1 Å². The molecule has 2 aromatic rings. The first-order valence-electron chi connectivity index (χ1n) is 8.39. The van der Waals surface area contributed by atoms with Gasteiger partial charge < -0.3 is 14.3 Å². The van der Waals surface area contributed by atoms with Gasteiger partial charge in [-0.1, -0.05) is 11.2 Å². The third-order valence-corrected chi connectivity index (χ3v) is 4.70. The van der Waals surface area contributed by atoms with E-state index < -0.39 is 0 Å². The van der Waals surface area contributed by atoms with Crippen molar-refractivity contribution in [2.45, 2.75) is 33.2 Å². The molecule has 0 aromatic carbocycles. The molecule has 24 heavy (non-hydrogen) atoms. The first kappa shape index (κ1) is 16.5. The number of nitrogens with zero attached hydrogens (tertiary/aromatic N) is 4. The highest BCUT2D eigenvalue weighted by Gasteiger charge is 2.29. The van der Waals surface area contributed by atoms with Crippen LogP contribution in [0.4, 0.5) is 5.82 Å². The SMILES string of the molecule is Cc1noc(C)c1CN(C)C(=O)C1CCCN(c2ccccn2)C1. The minimum atomic E-state index is 0.00577. The molecule has 0 radical (unpaired) electrons. The summed E-state index contributed by atoms with van der Waals surface area (Å²) in [4.78, 5) is 21.3. The van der Waals surface area contributed by atoms with Crippen LogP contribution < -0.4 is 4.90 Å². The molecule has 0 aliphatic carbocycles. The van der Waals surface area contributed by atoms with E-state index in [2.05, 4.69) is 15.0 Å². The van der Waals surface area contributed by atoms with E-state index >= 15 is 0 Å². The number of aryl methyl sites for hydroxylation is 2. The van der Waals surface area contributed by atoms with Crippen molar-refractivity contribution in [1.29, 1.82) is 0 Å². The summed E-state index contributed by atoms with van der Waals surface area (Å²) in [6.07, 6.45) is 3.73. The topological polar surface area (TPSA) is 62.5 Å². The molecule has 0 bridgehead atoms. The molecule has 128 valence electrons. The highest BCUT2D eigenvalue weighted by Crippen LogP contribution is 2.24. The van der Waals surface area contributed by atoms with E-state index in [0.717, 1.165) is 48.8 Å².